The second-order valence-electron chi connectivity index (χ2n) is 5.41. The molecule has 1 unspecified atom stereocenters. The summed E-state index contributed by atoms with van der Waals surface area (Å²) < 4.78 is 5.21. The molecule has 1 aliphatic heterocycles. The minimum atomic E-state index is -1.59. The number of methoxy groups -OCH3 is 1. The Bertz CT molecular complexity index is 729. The number of nitrogens with zero attached hydrogens (tertiary/aromatic N) is 1. The van der Waals surface area contributed by atoms with Gasteiger partial charge in [-0.2, -0.15) is 0 Å². The highest BCUT2D eigenvalue weighted by atomic mass is 35.5. The van der Waals surface area contributed by atoms with Crippen LogP contribution in [0.1, 0.15) is 11.1 Å². The molecule has 2 aromatic carbocycles. The number of amides is 1. The van der Waals surface area contributed by atoms with Crippen LogP contribution in [0.4, 0.5) is 5.69 Å². The summed E-state index contributed by atoms with van der Waals surface area (Å²) >= 11 is 5.88. The van der Waals surface area contributed by atoms with Gasteiger partial charge in [-0.05, 0) is 35.9 Å². The molecule has 5 heteroatoms. The molecule has 0 fully saturated rings. The van der Waals surface area contributed by atoms with Crippen LogP contribution in [-0.2, 0) is 16.8 Å². The molecule has 0 saturated carbocycles. The van der Waals surface area contributed by atoms with Gasteiger partial charge in [-0.3, -0.25) is 4.79 Å². The molecule has 0 spiro atoms. The lowest BCUT2D eigenvalue weighted by molar-refractivity contribution is -0.135. The Hall–Kier alpha value is -2.04. The Labute approximate surface area is 133 Å². The molecule has 114 valence electrons. The van der Waals surface area contributed by atoms with Gasteiger partial charge in [0.2, 0.25) is 0 Å². The maximum Gasteiger partial charge on any atom is 0.263 e. The summed E-state index contributed by atoms with van der Waals surface area (Å²) in [4.78, 5) is 14.0. The summed E-state index contributed by atoms with van der Waals surface area (Å²) in [6, 6.07) is 12.4. The number of likely N-dealkylation sites (N-methyl/N-ethyl adjacent to an activating group) is 1. The smallest absolute Gasteiger partial charge is 0.263 e. The molecule has 3 rings (SSSR count). The van der Waals surface area contributed by atoms with Crippen molar-refractivity contribution < 1.29 is 14.6 Å². The van der Waals surface area contributed by atoms with Crippen LogP contribution < -0.4 is 9.64 Å². The van der Waals surface area contributed by atoms with Crippen molar-refractivity contribution in [2.45, 2.75) is 12.0 Å². The average molecular weight is 318 g/mol. The Morgan fingerprint density at radius 2 is 1.91 bits per heavy atom. The summed E-state index contributed by atoms with van der Waals surface area (Å²) in [5.41, 5.74) is 0.507. The first-order valence-corrected chi connectivity index (χ1v) is 7.27. The molecular weight excluding hydrogens is 302 g/mol. The third-order valence-corrected chi connectivity index (χ3v) is 4.29. The molecule has 1 N–H and O–H groups in total. The first-order valence-electron chi connectivity index (χ1n) is 6.89. The van der Waals surface area contributed by atoms with E-state index >= 15 is 0 Å². The van der Waals surface area contributed by atoms with Crippen LogP contribution in [0.5, 0.6) is 5.75 Å². The third kappa shape index (κ3) is 2.25. The van der Waals surface area contributed by atoms with Gasteiger partial charge in [0, 0.05) is 24.1 Å². The van der Waals surface area contributed by atoms with Crippen molar-refractivity contribution in [3.8, 4) is 5.75 Å². The molecule has 0 bridgehead atoms. The molecule has 0 aromatic heterocycles. The summed E-state index contributed by atoms with van der Waals surface area (Å²) in [6.45, 7) is 0. The van der Waals surface area contributed by atoms with Crippen LogP contribution in [0, 0.1) is 0 Å². The number of carbonyl (C=O) groups excluding carboxylic acids is 1. The van der Waals surface area contributed by atoms with Gasteiger partial charge >= 0.3 is 0 Å². The van der Waals surface area contributed by atoms with Gasteiger partial charge in [0.15, 0.2) is 5.60 Å². The Kier molecular flexibility index (Phi) is 3.59. The number of halogens is 1. The number of aliphatic hydroxyl groups is 1. The van der Waals surface area contributed by atoms with E-state index < -0.39 is 5.60 Å². The summed E-state index contributed by atoms with van der Waals surface area (Å²) in [7, 11) is 3.22. The Morgan fingerprint density at radius 3 is 2.55 bits per heavy atom. The van der Waals surface area contributed by atoms with Crippen LogP contribution in [0.15, 0.2) is 42.5 Å². The number of rotatable bonds is 3. The molecule has 1 amide bonds. The lowest BCUT2D eigenvalue weighted by Crippen LogP contribution is -2.40. The molecule has 0 aliphatic carbocycles. The largest absolute Gasteiger partial charge is 0.497 e. The highest BCUT2D eigenvalue weighted by Crippen LogP contribution is 2.43. The van der Waals surface area contributed by atoms with Gasteiger partial charge in [-0.15, -0.1) is 0 Å². The maximum absolute atomic E-state index is 12.6. The number of hydrogen-bond acceptors (Lipinski definition) is 3. The van der Waals surface area contributed by atoms with Gasteiger partial charge in [0.25, 0.3) is 5.91 Å². The minimum absolute atomic E-state index is 0.188. The molecule has 0 saturated heterocycles. The van der Waals surface area contributed by atoms with Crippen molar-refractivity contribution in [2.75, 3.05) is 19.1 Å². The predicted octanol–water partition coefficient (Wildman–Crippen LogP) is 2.76. The number of fused-ring (bicyclic) bond motifs is 1. The van der Waals surface area contributed by atoms with Gasteiger partial charge in [0.1, 0.15) is 5.75 Å². The van der Waals surface area contributed by atoms with Crippen molar-refractivity contribution in [3.63, 3.8) is 0 Å². The molecule has 1 aliphatic rings. The highest BCUT2D eigenvalue weighted by molar-refractivity contribution is 6.30. The molecule has 1 heterocycles. The van der Waals surface area contributed by atoms with E-state index in [2.05, 4.69) is 0 Å². The number of anilines is 1. The van der Waals surface area contributed by atoms with Crippen molar-refractivity contribution in [2.24, 2.45) is 0 Å². The quantitative estimate of drug-likeness (QED) is 0.947. The van der Waals surface area contributed by atoms with Crippen LogP contribution in [0.3, 0.4) is 0 Å². The standard InChI is InChI=1S/C17H16ClNO3/c1-19-15-8-7-13(22-2)9-14(15)17(21,16(19)20)10-11-3-5-12(18)6-4-11/h3-9,21H,10H2,1-2H3. The van der Waals surface area contributed by atoms with Crippen molar-refractivity contribution in [3.05, 3.63) is 58.6 Å². The summed E-state index contributed by atoms with van der Waals surface area (Å²) in [6.07, 6.45) is 0.188. The van der Waals surface area contributed by atoms with E-state index in [-0.39, 0.29) is 12.3 Å². The van der Waals surface area contributed by atoms with E-state index in [1.165, 1.54) is 4.90 Å². The molecule has 2 aromatic rings. The van der Waals surface area contributed by atoms with Crippen LogP contribution in [0.25, 0.3) is 0 Å². The van der Waals surface area contributed by atoms with Gasteiger partial charge in [-0.1, -0.05) is 23.7 Å². The fraction of sp³-hybridized carbons (Fsp3) is 0.235. The normalized spacial score (nSPS) is 20.2. The molecule has 22 heavy (non-hydrogen) atoms. The van der Waals surface area contributed by atoms with E-state index in [9.17, 15) is 9.90 Å². The molecule has 1 atom stereocenters. The monoisotopic (exact) mass is 317 g/mol. The zero-order chi connectivity index (χ0) is 15.9. The fourth-order valence-corrected chi connectivity index (χ4v) is 2.96. The van der Waals surface area contributed by atoms with E-state index in [4.69, 9.17) is 16.3 Å². The van der Waals surface area contributed by atoms with Crippen LogP contribution in [-0.4, -0.2) is 25.2 Å². The molecular formula is C17H16ClNO3. The number of carbonyl (C=O) groups is 1. The van der Waals surface area contributed by atoms with E-state index in [1.807, 2.05) is 12.1 Å². The first kappa shape index (κ1) is 14.9. The minimum Gasteiger partial charge on any atom is -0.497 e. The SMILES string of the molecule is COc1ccc2c(c1)C(O)(Cc1ccc(Cl)cc1)C(=O)N2C. The average Bonchev–Trinajstić information content (AvgIpc) is 2.71. The zero-order valence-corrected chi connectivity index (χ0v) is 13.1. The van der Waals surface area contributed by atoms with Gasteiger partial charge in [-0.25, -0.2) is 0 Å². The molecule has 0 radical (unpaired) electrons. The molecule has 4 nitrogen and oxygen atoms in total. The van der Waals surface area contributed by atoms with Crippen LogP contribution in [0.2, 0.25) is 5.02 Å². The Balaban J connectivity index is 2.05. The topological polar surface area (TPSA) is 49.8 Å². The number of hydrogen-bond donors (Lipinski definition) is 1. The zero-order valence-electron chi connectivity index (χ0n) is 12.3. The van der Waals surface area contributed by atoms with E-state index in [0.29, 0.717) is 22.0 Å². The second kappa shape index (κ2) is 5.30. The summed E-state index contributed by atoms with van der Waals surface area (Å²) in [5.74, 6) is 0.266. The fourth-order valence-electron chi connectivity index (χ4n) is 2.84. The van der Waals surface area contributed by atoms with Gasteiger partial charge in [0.05, 0.1) is 12.8 Å². The lowest BCUT2D eigenvalue weighted by atomic mass is 9.88. The summed E-state index contributed by atoms with van der Waals surface area (Å²) in [5, 5.41) is 11.7. The number of benzene rings is 2. The van der Waals surface area contributed by atoms with Crippen LogP contribution >= 0.6 is 11.6 Å². The van der Waals surface area contributed by atoms with Crippen molar-refractivity contribution >= 4 is 23.2 Å². The predicted molar refractivity (Wildman–Crippen MR) is 85.5 cm³/mol. The third-order valence-electron chi connectivity index (χ3n) is 4.04. The van der Waals surface area contributed by atoms with Crippen molar-refractivity contribution in [1.29, 1.82) is 0 Å². The van der Waals surface area contributed by atoms with Crippen molar-refractivity contribution in [1.82, 2.24) is 0 Å². The van der Waals surface area contributed by atoms with E-state index in [1.54, 1.807) is 44.5 Å². The van der Waals surface area contributed by atoms with Gasteiger partial charge < -0.3 is 14.7 Å². The van der Waals surface area contributed by atoms with E-state index in [0.717, 1.165) is 5.56 Å². The highest BCUT2D eigenvalue weighted by Gasteiger charge is 2.48. The lowest BCUT2D eigenvalue weighted by Gasteiger charge is -2.22. The second-order valence-corrected chi connectivity index (χ2v) is 5.85. The maximum atomic E-state index is 12.6. The Morgan fingerprint density at radius 1 is 1.23 bits per heavy atom. The first-order chi connectivity index (χ1) is 10.5. The number of ether oxygens (including phenoxy) is 1.